The van der Waals surface area contributed by atoms with E-state index in [2.05, 4.69) is 24.8 Å². The lowest BCUT2D eigenvalue weighted by atomic mass is 10.1. The van der Waals surface area contributed by atoms with E-state index in [1.165, 1.54) is 6.92 Å². The Morgan fingerprint density at radius 1 is 1.17 bits per heavy atom. The topological polar surface area (TPSA) is 71.4 Å². The molecular weight excluding hydrogens is 272 g/mol. The summed E-state index contributed by atoms with van der Waals surface area (Å²) in [5.41, 5.74) is 0. The Bertz CT molecular complexity index is 300. The maximum Gasteiger partial charge on any atom is 0.303 e. The zero-order valence-corrected chi connectivity index (χ0v) is 12.5. The van der Waals surface area contributed by atoms with Crippen molar-refractivity contribution in [1.29, 1.82) is 0 Å². The first-order valence-corrected chi connectivity index (χ1v) is 6.59. The molecule has 0 bridgehead atoms. The van der Waals surface area contributed by atoms with Gasteiger partial charge in [-0.15, -0.1) is 12.6 Å². The third-order valence-electron chi connectivity index (χ3n) is 1.85. The van der Waals surface area contributed by atoms with Crippen LogP contribution in [0.2, 0.25) is 0 Å². The largest absolute Gasteiger partial charge is 0.481 e. The van der Waals surface area contributed by atoms with Crippen molar-refractivity contribution in [3.05, 3.63) is 0 Å². The molecule has 6 heteroatoms. The Balaban J connectivity index is 0. The highest BCUT2D eigenvalue weighted by Crippen LogP contribution is 2.00. The van der Waals surface area contributed by atoms with Gasteiger partial charge in [0.1, 0.15) is 11.6 Å². The Morgan fingerprint density at radius 3 is 2.00 bits per heavy atom. The lowest BCUT2D eigenvalue weighted by Crippen LogP contribution is -2.03. The van der Waals surface area contributed by atoms with Crippen molar-refractivity contribution in [2.75, 3.05) is 0 Å². The van der Waals surface area contributed by atoms with Gasteiger partial charge in [-0.3, -0.25) is 9.59 Å². The van der Waals surface area contributed by atoms with Crippen LogP contribution in [-0.2, 0) is 14.4 Å². The molecule has 0 aromatic heterocycles. The van der Waals surface area contributed by atoms with Crippen LogP contribution in [-0.4, -0.2) is 26.8 Å². The van der Waals surface area contributed by atoms with E-state index in [0.717, 1.165) is 12.8 Å². The first-order chi connectivity index (χ1) is 8.29. The van der Waals surface area contributed by atoms with Gasteiger partial charge in [0.2, 0.25) is 0 Å². The average Bonchev–Trinajstić information content (AvgIpc) is 2.23. The third-order valence-corrected chi connectivity index (χ3v) is 2.15. The van der Waals surface area contributed by atoms with E-state index in [1.807, 2.05) is 6.92 Å². The van der Waals surface area contributed by atoms with Crippen LogP contribution in [0.25, 0.3) is 0 Å². The molecule has 104 valence electrons. The number of hydrogen-bond donors (Lipinski definition) is 2. The van der Waals surface area contributed by atoms with E-state index >= 15 is 0 Å². The molecule has 0 heterocycles. The maximum atomic E-state index is 10.9. The van der Waals surface area contributed by atoms with Crippen molar-refractivity contribution in [1.82, 2.24) is 0 Å². The zero-order chi connectivity index (χ0) is 14.6. The van der Waals surface area contributed by atoms with Crippen LogP contribution in [0.15, 0.2) is 0 Å². The van der Waals surface area contributed by atoms with Gasteiger partial charge in [-0.2, -0.15) is 0 Å². The van der Waals surface area contributed by atoms with Gasteiger partial charge in [-0.05, 0) is 13.3 Å². The van der Waals surface area contributed by atoms with Crippen molar-refractivity contribution in [3.63, 3.8) is 0 Å². The number of ketones is 2. The molecular formula is C12H20O4S2. The van der Waals surface area contributed by atoms with Gasteiger partial charge < -0.3 is 9.90 Å². The number of thiocarbonyl (C=S) groups is 1. The van der Waals surface area contributed by atoms with Crippen LogP contribution in [0.5, 0.6) is 0 Å². The number of carboxylic acid groups (broad SMARTS) is 1. The van der Waals surface area contributed by atoms with Crippen molar-refractivity contribution in [2.45, 2.75) is 52.4 Å². The molecule has 4 nitrogen and oxygen atoms in total. The molecule has 0 saturated heterocycles. The van der Waals surface area contributed by atoms with Crippen LogP contribution >= 0.6 is 24.8 Å². The van der Waals surface area contributed by atoms with Gasteiger partial charge in [0.05, 0.1) is 4.20 Å². The SMILES string of the molecule is CC(=O)CCC(=O)CC(=S)S.CCCCC(=O)O. The number of carboxylic acids is 1. The minimum Gasteiger partial charge on any atom is -0.481 e. The molecule has 0 aliphatic heterocycles. The van der Waals surface area contributed by atoms with E-state index < -0.39 is 5.97 Å². The summed E-state index contributed by atoms with van der Waals surface area (Å²) in [5.74, 6) is -0.675. The van der Waals surface area contributed by atoms with E-state index in [0.29, 0.717) is 17.0 Å². The quantitative estimate of drug-likeness (QED) is 0.531. The van der Waals surface area contributed by atoms with E-state index in [-0.39, 0.29) is 24.4 Å². The van der Waals surface area contributed by atoms with E-state index in [1.54, 1.807) is 0 Å². The van der Waals surface area contributed by atoms with Crippen molar-refractivity contribution < 1.29 is 19.5 Å². The molecule has 0 aromatic rings. The maximum absolute atomic E-state index is 10.9. The first kappa shape index (κ1) is 19.6. The molecule has 0 amide bonds. The second kappa shape index (κ2) is 12.7. The summed E-state index contributed by atoms with van der Waals surface area (Å²) in [6, 6.07) is 0. The van der Waals surface area contributed by atoms with Crippen LogP contribution in [0.3, 0.4) is 0 Å². The predicted octanol–water partition coefficient (Wildman–Crippen LogP) is 2.83. The van der Waals surface area contributed by atoms with E-state index in [4.69, 9.17) is 5.11 Å². The lowest BCUT2D eigenvalue weighted by Gasteiger charge is -1.95. The fraction of sp³-hybridized carbons (Fsp3) is 0.667. The minimum absolute atomic E-state index is 0.0137. The molecule has 0 rings (SSSR count). The van der Waals surface area contributed by atoms with Gasteiger partial charge in [0.25, 0.3) is 0 Å². The number of thiol groups is 1. The summed E-state index contributed by atoms with van der Waals surface area (Å²) >= 11 is 8.42. The number of rotatable bonds is 8. The van der Waals surface area contributed by atoms with Gasteiger partial charge in [-0.1, -0.05) is 25.6 Å². The highest BCUT2D eigenvalue weighted by atomic mass is 32.1. The fourth-order valence-electron chi connectivity index (χ4n) is 0.901. The van der Waals surface area contributed by atoms with Gasteiger partial charge in [-0.25, -0.2) is 0 Å². The van der Waals surface area contributed by atoms with Crippen LogP contribution < -0.4 is 0 Å². The van der Waals surface area contributed by atoms with Crippen LogP contribution in [0.4, 0.5) is 0 Å². The Hall–Kier alpha value is -0.750. The number of carbonyl (C=O) groups excluding carboxylic acids is 2. The highest BCUT2D eigenvalue weighted by Gasteiger charge is 2.04. The normalized spacial score (nSPS) is 9.06. The Morgan fingerprint density at radius 2 is 1.72 bits per heavy atom. The zero-order valence-electron chi connectivity index (χ0n) is 10.8. The summed E-state index contributed by atoms with van der Waals surface area (Å²) in [7, 11) is 0. The summed E-state index contributed by atoms with van der Waals surface area (Å²) in [4.78, 5) is 31.1. The smallest absolute Gasteiger partial charge is 0.303 e. The van der Waals surface area contributed by atoms with E-state index in [9.17, 15) is 14.4 Å². The Labute approximate surface area is 119 Å². The molecule has 18 heavy (non-hydrogen) atoms. The molecule has 0 unspecified atom stereocenters. The summed E-state index contributed by atoms with van der Waals surface area (Å²) < 4.78 is 0.388. The second-order valence-corrected chi connectivity index (χ2v) is 5.14. The molecule has 0 saturated carbocycles. The molecule has 0 aromatic carbocycles. The number of carbonyl (C=O) groups is 3. The van der Waals surface area contributed by atoms with Gasteiger partial charge >= 0.3 is 5.97 Å². The van der Waals surface area contributed by atoms with Crippen molar-refractivity contribution in [3.8, 4) is 0 Å². The van der Waals surface area contributed by atoms with Crippen molar-refractivity contribution in [2.24, 2.45) is 0 Å². The molecule has 0 radical (unpaired) electrons. The van der Waals surface area contributed by atoms with Gasteiger partial charge in [0, 0.05) is 25.7 Å². The highest BCUT2D eigenvalue weighted by molar-refractivity contribution is 8.11. The second-order valence-electron chi connectivity index (χ2n) is 3.81. The number of hydrogen-bond acceptors (Lipinski definition) is 4. The minimum atomic E-state index is -0.693. The standard InChI is InChI=1S/C7H10O2S2.C5H10O2/c1-5(8)2-3-6(9)4-7(10)11;1-2-3-4-5(6)7/h2-4H2,1H3,(H,10,11);2-4H2,1H3,(H,6,7). The monoisotopic (exact) mass is 292 g/mol. The summed E-state index contributed by atoms with van der Waals surface area (Å²) in [6.07, 6.45) is 2.88. The Kier molecular flexibility index (Phi) is 13.8. The third kappa shape index (κ3) is 20.6. The van der Waals surface area contributed by atoms with Gasteiger partial charge in [0.15, 0.2) is 0 Å². The van der Waals surface area contributed by atoms with Crippen molar-refractivity contribution >= 4 is 46.6 Å². The number of Topliss-reactive ketones (excluding diaryl/α,β-unsaturated/α-hetero) is 2. The average molecular weight is 292 g/mol. The summed E-state index contributed by atoms with van der Waals surface area (Å²) in [5, 5.41) is 8.04. The predicted molar refractivity (Wildman–Crippen MR) is 78.3 cm³/mol. The molecule has 0 aliphatic carbocycles. The first-order valence-electron chi connectivity index (χ1n) is 5.74. The summed E-state index contributed by atoms with van der Waals surface area (Å²) in [6.45, 7) is 3.44. The molecule has 0 aliphatic rings. The number of aliphatic carboxylic acids is 1. The number of unbranched alkanes of at least 4 members (excludes halogenated alkanes) is 1. The molecule has 0 fully saturated rings. The van der Waals surface area contributed by atoms with Crippen LogP contribution in [0.1, 0.15) is 52.4 Å². The fourth-order valence-corrected chi connectivity index (χ4v) is 1.24. The lowest BCUT2D eigenvalue weighted by molar-refractivity contribution is -0.137. The van der Waals surface area contributed by atoms with Crippen LogP contribution in [0, 0.1) is 0 Å². The molecule has 0 atom stereocenters. The molecule has 0 spiro atoms. The molecule has 1 N–H and O–H groups in total.